The number of benzene rings is 1. The van der Waals surface area contributed by atoms with Crippen molar-refractivity contribution in [3.05, 3.63) is 29.6 Å². The molecule has 3 N–H and O–H groups in total. The number of nitrogens with one attached hydrogen (secondary N) is 1. The van der Waals surface area contributed by atoms with Gasteiger partial charge < -0.3 is 10.6 Å². The molecule has 0 aromatic heterocycles. The topological polar surface area (TPSA) is 92.5 Å². The molecule has 1 heterocycles. The molecular weight excluding hydrogens is 369 g/mol. The summed E-state index contributed by atoms with van der Waals surface area (Å²) in [4.78, 5) is 13.8. The Labute approximate surface area is 160 Å². The van der Waals surface area contributed by atoms with Crippen LogP contribution in [0, 0.1) is 11.7 Å². The Morgan fingerprint density at radius 3 is 2.59 bits per heavy atom. The van der Waals surface area contributed by atoms with E-state index in [1.165, 1.54) is 12.1 Å². The number of hydrogen-bond donors (Lipinski definition) is 2. The minimum atomic E-state index is -3.94. The monoisotopic (exact) mass is 397 g/mol. The first kappa shape index (κ1) is 20.2. The summed E-state index contributed by atoms with van der Waals surface area (Å²) in [5.74, 6) is -1.10. The van der Waals surface area contributed by atoms with Crippen LogP contribution in [0.25, 0.3) is 0 Å². The molecule has 0 bridgehead atoms. The second-order valence-corrected chi connectivity index (χ2v) is 9.44. The first-order valence-electron chi connectivity index (χ1n) is 9.62. The highest BCUT2D eigenvalue weighted by Gasteiger charge is 2.40. The van der Waals surface area contributed by atoms with Gasteiger partial charge in [-0.15, -0.1) is 0 Å². The molecule has 1 saturated heterocycles. The van der Waals surface area contributed by atoms with Crippen molar-refractivity contribution in [3.63, 3.8) is 0 Å². The Kier molecular flexibility index (Phi) is 5.88. The number of likely N-dealkylation sites (tertiary alicyclic amines) is 1. The zero-order valence-corrected chi connectivity index (χ0v) is 16.5. The smallest absolute Gasteiger partial charge is 0.256 e. The van der Waals surface area contributed by atoms with Crippen LogP contribution in [0.3, 0.4) is 0 Å². The molecule has 0 spiro atoms. The number of rotatable bonds is 5. The maximum atomic E-state index is 14.6. The highest BCUT2D eigenvalue weighted by Crippen LogP contribution is 2.34. The Balaban J connectivity index is 1.84. The average Bonchev–Trinajstić information content (AvgIpc) is 3.17. The van der Waals surface area contributed by atoms with Crippen LogP contribution in [0.4, 0.5) is 4.39 Å². The molecule has 27 heavy (non-hydrogen) atoms. The third-order valence-corrected chi connectivity index (χ3v) is 7.58. The van der Waals surface area contributed by atoms with E-state index in [4.69, 9.17) is 5.73 Å². The van der Waals surface area contributed by atoms with Gasteiger partial charge in [-0.25, -0.2) is 17.5 Å². The lowest BCUT2D eigenvalue weighted by molar-refractivity contribution is 0.0788. The lowest BCUT2D eigenvalue weighted by Crippen LogP contribution is -2.58. The van der Waals surface area contributed by atoms with Gasteiger partial charge in [0.2, 0.25) is 10.0 Å². The summed E-state index contributed by atoms with van der Waals surface area (Å²) in [7, 11) is -3.94. The summed E-state index contributed by atoms with van der Waals surface area (Å²) >= 11 is 0. The molecule has 2 fully saturated rings. The maximum Gasteiger partial charge on any atom is 0.256 e. The van der Waals surface area contributed by atoms with Crippen LogP contribution in [0.15, 0.2) is 23.1 Å². The van der Waals surface area contributed by atoms with Gasteiger partial charge >= 0.3 is 0 Å². The highest BCUT2D eigenvalue weighted by atomic mass is 32.2. The largest absolute Gasteiger partial charge is 0.339 e. The fourth-order valence-electron chi connectivity index (χ4n) is 4.16. The first-order valence-corrected chi connectivity index (χ1v) is 11.1. The molecule has 8 heteroatoms. The van der Waals surface area contributed by atoms with Crippen LogP contribution in [-0.4, -0.2) is 44.4 Å². The predicted molar refractivity (Wildman–Crippen MR) is 101 cm³/mol. The van der Waals surface area contributed by atoms with Crippen LogP contribution >= 0.6 is 0 Å². The minimum Gasteiger partial charge on any atom is -0.339 e. The van der Waals surface area contributed by atoms with E-state index >= 15 is 0 Å². The number of hydrogen-bond acceptors (Lipinski definition) is 4. The maximum absolute atomic E-state index is 14.6. The molecule has 1 saturated carbocycles. The summed E-state index contributed by atoms with van der Waals surface area (Å²) < 4.78 is 43.0. The number of nitrogens with two attached hydrogens (primary N) is 1. The molecule has 150 valence electrons. The van der Waals surface area contributed by atoms with Crippen molar-refractivity contribution in [2.24, 2.45) is 11.7 Å². The quantitative estimate of drug-likeness (QED) is 0.797. The molecule has 1 aromatic carbocycles. The molecule has 1 aromatic rings. The molecule has 0 radical (unpaired) electrons. The summed E-state index contributed by atoms with van der Waals surface area (Å²) in [6, 6.07) is 3.50. The van der Waals surface area contributed by atoms with Crippen molar-refractivity contribution < 1.29 is 17.6 Å². The van der Waals surface area contributed by atoms with E-state index < -0.39 is 21.4 Å². The molecule has 2 unspecified atom stereocenters. The summed E-state index contributed by atoms with van der Waals surface area (Å²) in [5, 5.41) is 0. The Bertz CT molecular complexity index is 808. The third kappa shape index (κ3) is 4.02. The second-order valence-electron chi connectivity index (χ2n) is 7.75. The van der Waals surface area contributed by atoms with Crippen molar-refractivity contribution in [1.29, 1.82) is 0 Å². The molecule has 2 atom stereocenters. The van der Waals surface area contributed by atoms with Crippen LogP contribution in [0.2, 0.25) is 0 Å². The van der Waals surface area contributed by atoms with E-state index in [1.807, 2.05) is 6.92 Å². The van der Waals surface area contributed by atoms with Crippen molar-refractivity contribution in [2.45, 2.75) is 55.9 Å². The lowest BCUT2D eigenvalue weighted by atomic mass is 9.74. The standard InChI is InChI=1S/C19H28FN3O3S/c1-14-6-2-3-9-19(14,13-21)22-27(25,26)15-7-8-16(17(20)12-15)18(24)23-10-4-5-11-23/h7-8,12,14,22H,2-6,9-11,13,21H2,1H3. The number of carbonyl (C=O) groups excluding carboxylic acids is 1. The van der Waals surface area contributed by atoms with Gasteiger partial charge in [0.1, 0.15) is 5.82 Å². The molecular formula is C19H28FN3O3S. The molecule has 1 aliphatic heterocycles. The van der Waals surface area contributed by atoms with E-state index in [0.29, 0.717) is 19.5 Å². The van der Waals surface area contributed by atoms with Gasteiger partial charge in [0, 0.05) is 25.2 Å². The van der Waals surface area contributed by atoms with Crippen molar-refractivity contribution >= 4 is 15.9 Å². The average molecular weight is 398 g/mol. The van der Waals surface area contributed by atoms with Crippen LogP contribution < -0.4 is 10.5 Å². The highest BCUT2D eigenvalue weighted by molar-refractivity contribution is 7.89. The number of sulfonamides is 1. The van der Waals surface area contributed by atoms with Crippen LogP contribution in [0.1, 0.15) is 55.8 Å². The number of carbonyl (C=O) groups is 1. The van der Waals surface area contributed by atoms with Gasteiger partial charge in [-0.05, 0) is 49.8 Å². The van der Waals surface area contributed by atoms with Gasteiger partial charge in [0.25, 0.3) is 5.91 Å². The number of halogens is 1. The minimum absolute atomic E-state index is 0.0876. The third-order valence-electron chi connectivity index (χ3n) is 6.03. The van der Waals surface area contributed by atoms with Crippen molar-refractivity contribution in [1.82, 2.24) is 9.62 Å². The predicted octanol–water partition coefficient (Wildman–Crippen LogP) is 2.25. The number of amides is 1. The molecule has 6 nitrogen and oxygen atoms in total. The van der Waals surface area contributed by atoms with Gasteiger partial charge in [-0.1, -0.05) is 19.8 Å². The second kappa shape index (κ2) is 7.85. The van der Waals surface area contributed by atoms with E-state index in [2.05, 4.69) is 4.72 Å². The molecule has 3 rings (SSSR count). The Morgan fingerprint density at radius 1 is 1.30 bits per heavy atom. The van der Waals surface area contributed by atoms with Crippen molar-refractivity contribution in [2.75, 3.05) is 19.6 Å². The molecule has 2 aliphatic rings. The molecule has 1 amide bonds. The van der Waals surface area contributed by atoms with Gasteiger partial charge in [0.15, 0.2) is 0 Å². The SMILES string of the molecule is CC1CCCCC1(CN)NS(=O)(=O)c1ccc(C(=O)N2CCCC2)c(F)c1. The lowest BCUT2D eigenvalue weighted by Gasteiger charge is -2.42. The van der Waals surface area contributed by atoms with E-state index in [0.717, 1.165) is 38.2 Å². The van der Waals surface area contributed by atoms with Gasteiger partial charge in [-0.2, -0.15) is 0 Å². The summed E-state index contributed by atoms with van der Waals surface area (Å²) in [6.07, 6.45) is 5.33. The normalized spacial score (nSPS) is 26.3. The fraction of sp³-hybridized carbons (Fsp3) is 0.632. The van der Waals surface area contributed by atoms with Crippen LogP contribution in [-0.2, 0) is 10.0 Å². The van der Waals surface area contributed by atoms with E-state index in [9.17, 15) is 17.6 Å². The van der Waals surface area contributed by atoms with Gasteiger partial charge in [-0.3, -0.25) is 4.79 Å². The Morgan fingerprint density at radius 2 is 2.00 bits per heavy atom. The number of nitrogens with zero attached hydrogens (tertiary/aromatic N) is 1. The van der Waals surface area contributed by atoms with E-state index in [1.54, 1.807) is 4.90 Å². The molecule has 1 aliphatic carbocycles. The van der Waals surface area contributed by atoms with Crippen molar-refractivity contribution in [3.8, 4) is 0 Å². The summed E-state index contributed by atoms with van der Waals surface area (Å²) in [6.45, 7) is 3.40. The zero-order chi connectivity index (χ0) is 19.7. The van der Waals surface area contributed by atoms with Crippen LogP contribution in [0.5, 0.6) is 0 Å². The Hall–Kier alpha value is -1.51. The summed E-state index contributed by atoms with van der Waals surface area (Å²) in [5.41, 5.74) is 5.13. The fourth-order valence-corrected chi connectivity index (χ4v) is 5.71. The van der Waals surface area contributed by atoms with Gasteiger partial charge in [0.05, 0.1) is 10.5 Å². The first-order chi connectivity index (χ1) is 12.8. The van der Waals surface area contributed by atoms with E-state index in [-0.39, 0.29) is 28.8 Å². The zero-order valence-electron chi connectivity index (χ0n) is 15.7.